The molecule has 1 nitrogen and oxygen atoms in total. The van der Waals surface area contributed by atoms with Crippen molar-refractivity contribution in [1.82, 2.24) is 0 Å². The maximum atomic E-state index is 11.6. The van der Waals surface area contributed by atoms with Crippen molar-refractivity contribution < 1.29 is 4.79 Å². The highest BCUT2D eigenvalue weighted by Crippen LogP contribution is 2.52. The van der Waals surface area contributed by atoms with Crippen molar-refractivity contribution in [3.05, 3.63) is 12.2 Å². The van der Waals surface area contributed by atoms with Crippen molar-refractivity contribution in [3.63, 3.8) is 0 Å². The molecule has 0 amide bonds. The van der Waals surface area contributed by atoms with Gasteiger partial charge in [0.25, 0.3) is 0 Å². The Balaban J connectivity index is 2.32. The molecule has 0 spiro atoms. The number of fused-ring (bicyclic) bond motifs is 1. The fourth-order valence-electron chi connectivity index (χ4n) is 2.92. The topological polar surface area (TPSA) is 17.1 Å². The number of Topliss-reactive ketones (excluding diaryl/α,β-unsaturated/α-hetero) is 1. The lowest BCUT2D eigenvalue weighted by Gasteiger charge is -2.35. The van der Waals surface area contributed by atoms with Crippen LogP contribution < -0.4 is 0 Å². The predicted molar refractivity (Wildman–Crippen MR) is 48.8 cm³/mol. The average Bonchev–Trinajstić information content (AvgIpc) is 2.29. The Bertz CT molecular complexity index is 241. The average molecular weight is 164 g/mol. The van der Waals surface area contributed by atoms with Gasteiger partial charge in [0.05, 0.1) is 0 Å². The van der Waals surface area contributed by atoms with Gasteiger partial charge in [0.1, 0.15) is 5.78 Å². The van der Waals surface area contributed by atoms with Gasteiger partial charge in [0.15, 0.2) is 0 Å². The maximum Gasteiger partial charge on any atom is 0.140 e. The van der Waals surface area contributed by atoms with Crippen molar-refractivity contribution in [1.29, 1.82) is 0 Å². The number of hydrogen-bond acceptors (Lipinski definition) is 1. The zero-order chi connectivity index (χ0) is 8.77. The van der Waals surface area contributed by atoms with E-state index in [1.54, 1.807) is 0 Å². The number of carbonyl (C=O) groups is 1. The van der Waals surface area contributed by atoms with E-state index in [0.717, 1.165) is 19.3 Å². The first-order valence-electron chi connectivity index (χ1n) is 4.84. The molecule has 0 radical (unpaired) electrons. The van der Waals surface area contributed by atoms with Gasteiger partial charge in [0.2, 0.25) is 0 Å². The molecule has 12 heavy (non-hydrogen) atoms. The SMILES string of the molecule is C=C1CC[C@]2(C)CCCC(=O)[C@H]12. The zero-order valence-electron chi connectivity index (χ0n) is 7.73. The number of rotatable bonds is 0. The van der Waals surface area contributed by atoms with E-state index in [9.17, 15) is 4.79 Å². The van der Waals surface area contributed by atoms with Crippen molar-refractivity contribution >= 4 is 5.78 Å². The molecule has 0 aromatic rings. The minimum atomic E-state index is 0.214. The van der Waals surface area contributed by atoms with Crippen molar-refractivity contribution in [2.75, 3.05) is 0 Å². The summed E-state index contributed by atoms with van der Waals surface area (Å²) in [6, 6.07) is 0. The molecule has 2 fully saturated rings. The lowest BCUT2D eigenvalue weighted by atomic mass is 9.68. The third kappa shape index (κ3) is 0.954. The Hall–Kier alpha value is -0.590. The molecule has 1 heteroatoms. The zero-order valence-corrected chi connectivity index (χ0v) is 7.73. The summed E-state index contributed by atoms with van der Waals surface area (Å²) in [6.45, 7) is 6.27. The van der Waals surface area contributed by atoms with Crippen molar-refractivity contribution in [2.45, 2.75) is 39.0 Å². The second-order valence-electron chi connectivity index (χ2n) is 4.57. The Labute approximate surface area is 73.8 Å². The summed E-state index contributed by atoms with van der Waals surface area (Å²) in [4.78, 5) is 11.6. The quantitative estimate of drug-likeness (QED) is 0.503. The Kier molecular flexibility index (Phi) is 1.64. The normalized spacial score (nSPS) is 41.6. The van der Waals surface area contributed by atoms with E-state index in [-0.39, 0.29) is 11.3 Å². The van der Waals surface area contributed by atoms with Gasteiger partial charge in [-0.15, -0.1) is 0 Å². The molecule has 0 bridgehead atoms. The fourth-order valence-corrected chi connectivity index (χ4v) is 2.92. The van der Waals surface area contributed by atoms with Crippen LogP contribution in [0.5, 0.6) is 0 Å². The maximum absolute atomic E-state index is 11.6. The smallest absolute Gasteiger partial charge is 0.140 e. The molecule has 0 aliphatic heterocycles. The molecule has 0 heterocycles. The molecule has 0 N–H and O–H groups in total. The van der Waals surface area contributed by atoms with E-state index < -0.39 is 0 Å². The van der Waals surface area contributed by atoms with E-state index in [0.29, 0.717) is 5.78 Å². The number of ketones is 1. The molecule has 2 aliphatic rings. The van der Waals surface area contributed by atoms with Gasteiger partial charge in [-0.2, -0.15) is 0 Å². The molecule has 2 aliphatic carbocycles. The largest absolute Gasteiger partial charge is 0.299 e. The third-order valence-electron chi connectivity index (χ3n) is 3.62. The molecule has 0 aromatic carbocycles. The Morgan fingerprint density at radius 1 is 1.42 bits per heavy atom. The second-order valence-corrected chi connectivity index (χ2v) is 4.57. The van der Waals surface area contributed by atoms with Crippen LogP contribution >= 0.6 is 0 Å². The van der Waals surface area contributed by atoms with Crippen LogP contribution in [-0.2, 0) is 4.79 Å². The standard InChI is InChI=1S/C11H16O/c1-8-5-7-11(2)6-3-4-9(12)10(8)11/h10H,1,3-7H2,2H3/t10-,11-/m0/s1. The molecule has 0 saturated heterocycles. The van der Waals surface area contributed by atoms with Gasteiger partial charge in [-0.25, -0.2) is 0 Å². The van der Waals surface area contributed by atoms with Gasteiger partial charge in [-0.1, -0.05) is 19.1 Å². The van der Waals surface area contributed by atoms with Gasteiger partial charge in [-0.3, -0.25) is 4.79 Å². The minimum Gasteiger partial charge on any atom is -0.299 e. The van der Waals surface area contributed by atoms with E-state index in [2.05, 4.69) is 13.5 Å². The molecular weight excluding hydrogens is 148 g/mol. The summed E-state index contributed by atoms with van der Waals surface area (Å²) in [5, 5.41) is 0. The van der Waals surface area contributed by atoms with Crippen LogP contribution in [0, 0.1) is 11.3 Å². The summed E-state index contributed by atoms with van der Waals surface area (Å²) in [6.07, 6.45) is 5.37. The highest BCUT2D eigenvalue weighted by atomic mass is 16.1. The van der Waals surface area contributed by atoms with E-state index in [4.69, 9.17) is 0 Å². The summed E-state index contributed by atoms with van der Waals surface area (Å²) in [5.41, 5.74) is 1.48. The molecule has 0 aromatic heterocycles. The van der Waals surface area contributed by atoms with Gasteiger partial charge in [-0.05, 0) is 31.1 Å². The third-order valence-corrected chi connectivity index (χ3v) is 3.62. The first-order valence-corrected chi connectivity index (χ1v) is 4.84. The monoisotopic (exact) mass is 164 g/mol. The molecule has 2 saturated carbocycles. The first kappa shape index (κ1) is 8.03. The van der Waals surface area contributed by atoms with E-state index in [1.807, 2.05) is 0 Å². The second kappa shape index (κ2) is 2.45. The van der Waals surface area contributed by atoms with Gasteiger partial charge >= 0.3 is 0 Å². The van der Waals surface area contributed by atoms with Gasteiger partial charge in [0, 0.05) is 12.3 Å². The van der Waals surface area contributed by atoms with Crippen LogP contribution in [0.1, 0.15) is 39.0 Å². The minimum absolute atomic E-state index is 0.214. The van der Waals surface area contributed by atoms with Crippen molar-refractivity contribution in [3.8, 4) is 0 Å². The van der Waals surface area contributed by atoms with E-state index >= 15 is 0 Å². The highest BCUT2D eigenvalue weighted by Gasteiger charge is 2.46. The van der Waals surface area contributed by atoms with Crippen molar-refractivity contribution in [2.24, 2.45) is 11.3 Å². The Morgan fingerprint density at radius 2 is 2.17 bits per heavy atom. The van der Waals surface area contributed by atoms with Crippen LogP contribution in [0.2, 0.25) is 0 Å². The molecule has 66 valence electrons. The Morgan fingerprint density at radius 3 is 2.83 bits per heavy atom. The molecule has 0 unspecified atom stereocenters. The number of allylic oxidation sites excluding steroid dienone is 1. The van der Waals surface area contributed by atoms with Crippen LogP contribution in [0.15, 0.2) is 12.2 Å². The fraction of sp³-hybridized carbons (Fsp3) is 0.727. The predicted octanol–water partition coefficient (Wildman–Crippen LogP) is 2.71. The van der Waals surface area contributed by atoms with Gasteiger partial charge < -0.3 is 0 Å². The molecule has 2 rings (SSSR count). The highest BCUT2D eigenvalue weighted by molar-refractivity contribution is 5.85. The first-order chi connectivity index (χ1) is 5.63. The summed E-state index contributed by atoms with van der Waals surface area (Å²) < 4.78 is 0. The summed E-state index contributed by atoms with van der Waals surface area (Å²) in [5.74, 6) is 0.664. The molecular formula is C11H16O. The summed E-state index contributed by atoms with van der Waals surface area (Å²) in [7, 11) is 0. The lowest BCUT2D eigenvalue weighted by Crippen LogP contribution is -2.33. The lowest BCUT2D eigenvalue weighted by molar-refractivity contribution is -0.127. The molecule has 2 atom stereocenters. The number of hydrogen-bond donors (Lipinski definition) is 0. The van der Waals surface area contributed by atoms with Crippen LogP contribution in [0.3, 0.4) is 0 Å². The van der Waals surface area contributed by atoms with E-state index in [1.165, 1.54) is 18.4 Å². The van der Waals surface area contributed by atoms with Crippen LogP contribution in [-0.4, -0.2) is 5.78 Å². The summed E-state index contributed by atoms with van der Waals surface area (Å²) >= 11 is 0. The van der Waals surface area contributed by atoms with Crippen LogP contribution in [0.25, 0.3) is 0 Å². The van der Waals surface area contributed by atoms with Crippen LogP contribution in [0.4, 0.5) is 0 Å². The number of carbonyl (C=O) groups excluding carboxylic acids is 1.